The fourth-order valence-electron chi connectivity index (χ4n) is 3.40. The van der Waals surface area contributed by atoms with Crippen LogP contribution in [0, 0.1) is 5.92 Å². The molecule has 1 atom stereocenters. The average Bonchev–Trinajstić information content (AvgIpc) is 2.70. The summed E-state index contributed by atoms with van der Waals surface area (Å²) < 4.78 is 0. The normalized spacial score (nSPS) is 15.8. The Labute approximate surface area is 161 Å². The van der Waals surface area contributed by atoms with Gasteiger partial charge in [-0.2, -0.15) is 4.98 Å². The van der Waals surface area contributed by atoms with Crippen molar-refractivity contribution in [1.29, 1.82) is 0 Å². The van der Waals surface area contributed by atoms with Crippen LogP contribution >= 0.6 is 0 Å². The summed E-state index contributed by atoms with van der Waals surface area (Å²) in [6.45, 7) is 1.92. The number of hydrogen-bond acceptors (Lipinski definition) is 7. The lowest BCUT2D eigenvalue weighted by atomic mass is 9.84. The van der Waals surface area contributed by atoms with E-state index < -0.39 is 23.5 Å². The van der Waals surface area contributed by atoms with Crippen LogP contribution in [0.2, 0.25) is 0 Å². The summed E-state index contributed by atoms with van der Waals surface area (Å²) in [5, 5.41) is 31.7. The Bertz CT molecular complexity index is 879. The van der Waals surface area contributed by atoms with Crippen molar-refractivity contribution in [3.63, 3.8) is 0 Å². The van der Waals surface area contributed by atoms with Crippen molar-refractivity contribution in [3.8, 4) is 23.1 Å². The number of pyridine rings is 1. The minimum atomic E-state index is -1.13. The molecule has 0 aromatic carbocycles. The lowest BCUT2D eigenvalue weighted by molar-refractivity contribution is 0.0696. The van der Waals surface area contributed by atoms with Gasteiger partial charge in [0.05, 0.1) is 5.56 Å². The van der Waals surface area contributed by atoms with Gasteiger partial charge < -0.3 is 20.6 Å². The van der Waals surface area contributed by atoms with Gasteiger partial charge in [-0.15, -0.1) is 0 Å². The first kappa shape index (κ1) is 19.5. The number of carbonyl (C=O) groups is 2. The summed E-state index contributed by atoms with van der Waals surface area (Å²) in [4.78, 5) is 35.3. The van der Waals surface area contributed by atoms with Crippen molar-refractivity contribution >= 4 is 11.9 Å². The monoisotopic (exact) mass is 386 g/mol. The molecule has 1 amide bonds. The predicted molar refractivity (Wildman–Crippen MR) is 99.1 cm³/mol. The van der Waals surface area contributed by atoms with E-state index in [9.17, 15) is 19.8 Å². The van der Waals surface area contributed by atoms with Crippen molar-refractivity contribution in [3.05, 3.63) is 29.6 Å². The first-order valence-corrected chi connectivity index (χ1v) is 9.17. The summed E-state index contributed by atoms with van der Waals surface area (Å²) in [6, 6.07) is 2.57. The minimum absolute atomic E-state index is 0.0222. The van der Waals surface area contributed by atoms with Gasteiger partial charge in [0.1, 0.15) is 5.69 Å². The second-order valence-electron chi connectivity index (χ2n) is 6.97. The Balaban J connectivity index is 1.84. The van der Waals surface area contributed by atoms with Gasteiger partial charge >= 0.3 is 5.97 Å². The number of rotatable bonds is 5. The van der Waals surface area contributed by atoms with Crippen molar-refractivity contribution < 1.29 is 24.9 Å². The van der Waals surface area contributed by atoms with Crippen LogP contribution in [-0.4, -0.2) is 48.2 Å². The quantitative estimate of drug-likeness (QED) is 0.612. The van der Waals surface area contributed by atoms with Crippen LogP contribution in [0.5, 0.6) is 11.6 Å². The molecule has 9 nitrogen and oxygen atoms in total. The predicted octanol–water partition coefficient (Wildman–Crippen LogP) is 2.35. The highest BCUT2D eigenvalue weighted by Crippen LogP contribution is 2.30. The van der Waals surface area contributed by atoms with E-state index in [1.807, 2.05) is 6.92 Å². The third kappa shape index (κ3) is 4.19. The fraction of sp³-hybridized carbons (Fsp3) is 0.421. The van der Waals surface area contributed by atoms with Crippen molar-refractivity contribution in [2.24, 2.45) is 5.92 Å². The lowest BCUT2D eigenvalue weighted by Gasteiger charge is -2.28. The Kier molecular flexibility index (Phi) is 5.72. The minimum Gasteiger partial charge on any atom is -0.501 e. The molecule has 4 N–H and O–H groups in total. The Hall–Kier alpha value is -3.23. The van der Waals surface area contributed by atoms with E-state index >= 15 is 0 Å². The second-order valence-corrected chi connectivity index (χ2v) is 6.97. The molecule has 3 rings (SSSR count). The standard InChI is InChI=1S/C19H22N4O5/c1-10(11-5-3-2-4-6-11)21-17(25)14-15(24)18(26)23-16(22-14)13-8-7-12(9-20-13)19(27)28/h7-11,24H,2-6H2,1H3,(H,21,25)(H,27,28)(H,22,23,26)/t10-/m0/s1. The third-order valence-corrected chi connectivity index (χ3v) is 5.04. The van der Waals surface area contributed by atoms with Crippen molar-refractivity contribution in [1.82, 2.24) is 20.3 Å². The molecule has 0 spiro atoms. The van der Waals surface area contributed by atoms with Gasteiger partial charge in [0.2, 0.25) is 5.75 Å². The van der Waals surface area contributed by atoms with Gasteiger partial charge in [0.15, 0.2) is 11.5 Å². The Morgan fingerprint density at radius 3 is 2.46 bits per heavy atom. The number of aromatic nitrogens is 3. The van der Waals surface area contributed by atoms with E-state index in [2.05, 4.69) is 20.3 Å². The second kappa shape index (κ2) is 8.20. The molecule has 0 aliphatic heterocycles. The largest absolute Gasteiger partial charge is 0.501 e. The highest BCUT2D eigenvalue weighted by atomic mass is 16.4. The van der Waals surface area contributed by atoms with Gasteiger partial charge in [0, 0.05) is 12.2 Å². The molecule has 148 valence electrons. The number of hydrogen-bond donors (Lipinski definition) is 4. The van der Waals surface area contributed by atoms with Crippen LogP contribution in [0.4, 0.5) is 0 Å². The Morgan fingerprint density at radius 1 is 1.14 bits per heavy atom. The smallest absolute Gasteiger partial charge is 0.337 e. The number of carbonyl (C=O) groups excluding carboxylic acids is 1. The van der Waals surface area contributed by atoms with E-state index in [-0.39, 0.29) is 28.8 Å². The van der Waals surface area contributed by atoms with E-state index in [1.165, 1.54) is 18.6 Å². The molecule has 1 aliphatic rings. The van der Waals surface area contributed by atoms with Crippen LogP contribution in [0.25, 0.3) is 11.5 Å². The van der Waals surface area contributed by atoms with E-state index in [4.69, 9.17) is 5.11 Å². The summed E-state index contributed by atoms with van der Waals surface area (Å²) >= 11 is 0. The van der Waals surface area contributed by atoms with Crippen LogP contribution in [-0.2, 0) is 0 Å². The first-order valence-electron chi connectivity index (χ1n) is 9.17. The van der Waals surface area contributed by atoms with E-state index in [0.717, 1.165) is 31.9 Å². The van der Waals surface area contributed by atoms with Crippen LogP contribution < -0.4 is 5.32 Å². The number of aromatic hydroxyl groups is 2. The van der Waals surface area contributed by atoms with Crippen LogP contribution in [0.3, 0.4) is 0 Å². The average molecular weight is 386 g/mol. The fourth-order valence-corrected chi connectivity index (χ4v) is 3.40. The van der Waals surface area contributed by atoms with Gasteiger partial charge in [-0.05, 0) is 37.8 Å². The summed E-state index contributed by atoms with van der Waals surface area (Å²) in [6.07, 6.45) is 6.66. The molecule has 2 aromatic heterocycles. The van der Waals surface area contributed by atoms with Gasteiger partial charge in [-0.25, -0.2) is 9.78 Å². The van der Waals surface area contributed by atoms with Crippen LogP contribution in [0.1, 0.15) is 59.9 Å². The Morgan fingerprint density at radius 2 is 1.86 bits per heavy atom. The molecule has 0 saturated heterocycles. The SMILES string of the molecule is C[C@H](NC(=O)c1nc(-c2ccc(C(=O)O)cn2)nc(O)c1O)C1CCCCC1. The van der Waals surface area contributed by atoms with Crippen LogP contribution in [0.15, 0.2) is 18.3 Å². The van der Waals surface area contributed by atoms with Gasteiger partial charge in [-0.3, -0.25) is 9.78 Å². The summed E-state index contributed by atoms with van der Waals surface area (Å²) in [5.41, 5.74) is -0.213. The number of nitrogens with zero attached hydrogens (tertiary/aromatic N) is 3. The first-order chi connectivity index (χ1) is 13.4. The maximum Gasteiger partial charge on any atom is 0.337 e. The van der Waals surface area contributed by atoms with Gasteiger partial charge in [-0.1, -0.05) is 19.3 Å². The molecule has 28 heavy (non-hydrogen) atoms. The number of amides is 1. The molecule has 1 saturated carbocycles. The molecule has 0 radical (unpaired) electrons. The van der Waals surface area contributed by atoms with Crippen molar-refractivity contribution in [2.75, 3.05) is 0 Å². The molecule has 0 unspecified atom stereocenters. The van der Waals surface area contributed by atoms with Crippen molar-refractivity contribution in [2.45, 2.75) is 45.1 Å². The number of nitrogens with one attached hydrogen (secondary N) is 1. The molecule has 1 fully saturated rings. The maximum absolute atomic E-state index is 12.6. The van der Waals surface area contributed by atoms with E-state index in [0.29, 0.717) is 5.92 Å². The molecule has 1 aliphatic carbocycles. The third-order valence-electron chi connectivity index (χ3n) is 5.04. The highest BCUT2D eigenvalue weighted by Gasteiger charge is 2.26. The molecular weight excluding hydrogens is 364 g/mol. The summed E-state index contributed by atoms with van der Waals surface area (Å²) in [7, 11) is 0. The molecule has 0 bridgehead atoms. The maximum atomic E-state index is 12.6. The lowest BCUT2D eigenvalue weighted by Crippen LogP contribution is -2.39. The number of carboxylic acids is 1. The zero-order valence-corrected chi connectivity index (χ0v) is 15.4. The summed E-state index contributed by atoms with van der Waals surface area (Å²) in [5.74, 6) is -2.94. The molecular formula is C19H22N4O5. The number of aromatic carboxylic acids is 1. The van der Waals surface area contributed by atoms with E-state index in [1.54, 1.807) is 0 Å². The van der Waals surface area contributed by atoms with Gasteiger partial charge in [0.25, 0.3) is 11.8 Å². The highest BCUT2D eigenvalue weighted by molar-refractivity contribution is 5.96. The molecule has 2 heterocycles. The molecule has 2 aromatic rings. The zero-order chi connectivity index (χ0) is 20.3. The zero-order valence-electron chi connectivity index (χ0n) is 15.4. The topological polar surface area (TPSA) is 146 Å². The molecule has 9 heteroatoms. The number of carboxylic acid groups (broad SMARTS) is 1.